The van der Waals surface area contributed by atoms with E-state index < -0.39 is 80.2 Å². The Bertz CT molecular complexity index is 4360. The number of hydrogen-bond acceptors (Lipinski definition) is 20. The van der Waals surface area contributed by atoms with Crippen LogP contribution in [0.1, 0.15) is 161 Å². The summed E-state index contributed by atoms with van der Waals surface area (Å²) in [7, 11) is -8.96. The number of hydrogen-bond donors (Lipinski definition) is 9. The molecule has 0 saturated carbocycles. The van der Waals surface area contributed by atoms with E-state index in [1.165, 1.54) is 24.3 Å². The van der Waals surface area contributed by atoms with Crippen molar-refractivity contribution in [2.75, 3.05) is 73.9 Å². The number of benzene rings is 8. The second-order valence-electron chi connectivity index (χ2n) is 28.4. The number of carbonyl (C=O) groups is 2. The first-order valence-electron chi connectivity index (χ1n) is 37.0. The van der Waals surface area contributed by atoms with Crippen molar-refractivity contribution in [1.82, 2.24) is 20.4 Å². The Balaban J connectivity index is 0.725. The summed E-state index contributed by atoms with van der Waals surface area (Å²) in [5, 5.41) is 72.2. The fraction of sp³-hybridized carbons (Fsp3) is 0.405. The summed E-state index contributed by atoms with van der Waals surface area (Å²) in [6, 6.07) is 56.7. The molecule has 0 aliphatic carbocycles. The average molecular weight is 1520 g/mol. The molecule has 108 heavy (non-hydrogen) atoms. The van der Waals surface area contributed by atoms with Crippen LogP contribution in [0.15, 0.2) is 182 Å². The van der Waals surface area contributed by atoms with Gasteiger partial charge in [0.2, 0.25) is 5.94 Å². The molecule has 0 aliphatic heterocycles. The van der Waals surface area contributed by atoms with Crippen LogP contribution in [-0.2, 0) is 64.9 Å². The third kappa shape index (κ3) is 26.0. The number of esters is 1. The van der Waals surface area contributed by atoms with Gasteiger partial charge in [0, 0.05) is 73.1 Å². The van der Waals surface area contributed by atoms with Gasteiger partial charge in [0.25, 0.3) is 20.0 Å². The van der Waals surface area contributed by atoms with E-state index in [0.717, 1.165) is 82.6 Å². The molecule has 0 bridgehead atoms. The Labute approximate surface area is 637 Å². The van der Waals surface area contributed by atoms with Crippen LogP contribution >= 0.6 is 0 Å². The van der Waals surface area contributed by atoms with E-state index in [9.17, 15) is 57.1 Å². The number of anilines is 2. The van der Waals surface area contributed by atoms with Crippen LogP contribution in [0.2, 0.25) is 0 Å². The predicted molar refractivity (Wildman–Crippen MR) is 423 cm³/mol. The van der Waals surface area contributed by atoms with Crippen LogP contribution in [0.25, 0.3) is 0 Å². The van der Waals surface area contributed by atoms with E-state index in [-0.39, 0.29) is 57.7 Å². The van der Waals surface area contributed by atoms with E-state index in [4.69, 9.17) is 19.0 Å². The van der Waals surface area contributed by atoms with Gasteiger partial charge in [-0.05, 0) is 212 Å². The summed E-state index contributed by atoms with van der Waals surface area (Å²) in [5.41, 5.74) is 7.84. The van der Waals surface area contributed by atoms with E-state index in [1.807, 2.05) is 97.1 Å². The number of nitrogens with one attached hydrogen (secondary N) is 3. The molecule has 0 amide bonds. The minimum absolute atomic E-state index is 0.0112. The summed E-state index contributed by atoms with van der Waals surface area (Å²) in [5.74, 6) is -2.82. The molecule has 0 spiro atoms. The van der Waals surface area contributed by atoms with Gasteiger partial charge in [-0.3, -0.25) is 19.3 Å². The van der Waals surface area contributed by atoms with Crippen LogP contribution < -0.4 is 29.3 Å². The summed E-state index contributed by atoms with van der Waals surface area (Å²) >= 11 is 0. The molecular formula is C84H108N6O16S2. The van der Waals surface area contributed by atoms with Crippen LogP contribution in [0.3, 0.4) is 0 Å². The van der Waals surface area contributed by atoms with Gasteiger partial charge < -0.3 is 60.3 Å². The number of aromatic hydroxyl groups is 4. The van der Waals surface area contributed by atoms with Crippen molar-refractivity contribution in [3.63, 3.8) is 0 Å². The zero-order valence-corrected chi connectivity index (χ0v) is 65.0. The molecular weight excluding hydrogens is 1410 g/mol. The lowest BCUT2D eigenvalue weighted by atomic mass is 9.86. The lowest BCUT2D eigenvalue weighted by Crippen LogP contribution is -2.38. The smallest absolute Gasteiger partial charge is 0.334 e. The molecule has 0 saturated heterocycles. The van der Waals surface area contributed by atoms with Gasteiger partial charge in [0.1, 0.15) is 40.2 Å². The zero-order chi connectivity index (χ0) is 78.1. The lowest BCUT2D eigenvalue weighted by molar-refractivity contribution is -0.149. The third-order valence-corrected chi connectivity index (χ3v) is 20.8. The van der Waals surface area contributed by atoms with Gasteiger partial charge in [0.05, 0.1) is 50.2 Å². The number of aliphatic hydroxyl groups is 2. The number of phenolic OH excluding ortho intramolecular Hbond substituents is 4. The molecule has 4 atom stereocenters. The number of phenols is 4. The van der Waals surface area contributed by atoms with Crippen molar-refractivity contribution in [3.8, 4) is 34.5 Å². The highest BCUT2D eigenvalue weighted by Crippen LogP contribution is 2.39. The van der Waals surface area contributed by atoms with Crippen molar-refractivity contribution in [1.29, 1.82) is 0 Å². The Morgan fingerprint density at radius 1 is 0.454 bits per heavy atom. The van der Waals surface area contributed by atoms with Crippen molar-refractivity contribution >= 4 is 43.4 Å². The molecule has 8 aromatic rings. The Morgan fingerprint density at radius 3 is 1.30 bits per heavy atom. The van der Waals surface area contributed by atoms with Crippen LogP contribution in [0.4, 0.5) is 11.4 Å². The molecule has 0 heterocycles. The van der Waals surface area contributed by atoms with E-state index in [1.54, 1.807) is 12.1 Å². The normalized spacial score (nSPS) is 13.1. The van der Waals surface area contributed by atoms with Gasteiger partial charge in [0.15, 0.2) is 0 Å². The highest BCUT2D eigenvalue weighted by molar-refractivity contribution is 7.92. The standard InChI is InChI=1S/C84H108N6O16S2/c1-57(2)88(58(3)4)46-40-71(65-16-12-10-13-17-65)73-50-63(24-32-77(73)91)42-48-103-69-28-20-61(21-29-69)38-44-85-54-81(95)67-26-34-79(93)75(52-67)87-108(101,102)56-105-83(97)36-37-84(98)106-90(107(9,99)100)76-53-68(27-35-80(76)94)82(96)55-86-45-39-62-22-30-70(31-23-62)104-49-43-64-25-33-78(92)74(51-64)72(66-18-14-11-15-19-66)41-47-89(59(5)6)60(7)8/h10-35,50-53,57-60,71-72,81-82,85-87,91-96H,36-49,54-56H2,1-9H3/t71-,72-,81+,82+/m1/s1. The van der Waals surface area contributed by atoms with E-state index in [0.29, 0.717) is 93.9 Å². The second kappa shape index (κ2) is 40.8. The predicted octanol–water partition coefficient (Wildman–Crippen LogP) is 12.7. The first-order chi connectivity index (χ1) is 51.5. The number of ether oxygens (including phenoxy) is 3. The molecule has 9 N–H and O–H groups in total. The minimum atomic E-state index is -4.50. The molecule has 8 aromatic carbocycles. The maximum Gasteiger partial charge on any atom is 0.334 e. The number of carbonyl (C=O) groups excluding carboxylic acids is 2. The van der Waals surface area contributed by atoms with Crippen molar-refractivity contribution in [3.05, 3.63) is 238 Å². The van der Waals surface area contributed by atoms with Gasteiger partial charge >= 0.3 is 11.9 Å². The molecule has 8 rings (SSSR count). The van der Waals surface area contributed by atoms with Gasteiger partial charge in [-0.2, -0.15) is 0 Å². The summed E-state index contributed by atoms with van der Waals surface area (Å²) in [6.07, 6.45) is 1.00. The third-order valence-electron chi connectivity index (χ3n) is 19.0. The molecule has 582 valence electrons. The first-order valence-corrected chi connectivity index (χ1v) is 40.5. The fourth-order valence-corrected chi connectivity index (χ4v) is 14.8. The molecule has 22 nitrogen and oxygen atoms in total. The SMILES string of the molecule is CC(C)N(CC[C@H](c1ccccc1)c1cc(CCOc2ccc(CCNC[C@H](O)c3ccc(O)c(NS(=O)(=O)COC(=O)CCC(=O)ON(c4cc([C@@H](O)CNCCc5ccc(OCCc6ccc(O)c([C@H](CCN(C(C)C)C(C)C)c7ccccc7)c6)cc5)ccc4O)S(C)(=O)=O)c3)cc2)ccc1O)C(C)C. The molecule has 0 unspecified atom stereocenters. The van der Waals surface area contributed by atoms with Crippen LogP contribution in [0, 0.1) is 0 Å². The summed E-state index contributed by atoms with van der Waals surface area (Å²) < 4.78 is 71.7. The van der Waals surface area contributed by atoms with Gasteiger partial charge in [-0.1, -0.05) is 126 Å². The zero-order valence-electron chi connectivity index (χ0n) is 63.4. The summed E-state index contributed by atoms with van der Waals surface area (Å²) in [6.45, 7) is 21.3. The Kier molecular flexibility index (Phi) is 31.9. The quantitative estimate of drug-likeness (QED) is 0.00742. The highest BCUT2D eigenvalue weighted by Gasteiger charge is 2.29. The molecule has 0 fully saturated rings. The largest absolute Gasteiger partial charge is 0.508 e. The Hall–Kier alpha value is -9.24. The first kappa shape index (κ1) is 84.4. The van der Waals surface area contributed by atoms with Gasteiger partial charge in [-0.25, -0.2) is 21.6 Å². The maximum atomic E-state index is 13.1. The van der Waals surface area contributed by atoms with E-state index in [2.05, 4.69) is 117 Å². The van der Waals surface area contributed by atoms with Crippen LogP contribution in [-0.4, -0.2) is 158 Å². The molecule has 0 aliphatic rings. The minimum Gasteiger partial charge on any atom is -0.508 e. The molecule has 0 radical (unpaired) electrons. The van der Waals surface area contributed by atoms with Gasteiger partial charge in [-0.15, -0.1) is 0 Å². The van der Waals surface area contributed by atoms with Crippen molar-refractivity contribution < 1.29 is 76.1 Å². The number of rotatable bonds is 44. The number of nitrogens with zero attached hydrogens (tertiary/aromatic N) is 3. The van der Waals surface area contributed by atoms with Crippen molar-refractivity contribution in [2.24, 2.45) is 0 Å². The number of aliphatic hydroxyl groups excluding tert-OH is 2. The monoisotopic (exact) mass is 1520 g/mol. The summed E-state index contributed by atoms with van der Waals surface area (Å²) in [4.78, 5) is 35.9. The van der Waals surface area contributed by atoms with Crippen molar-refractivity contribution in [2.45, 2.75) is 155 Å². The lowest BCUT2D eigenvalue weighted by Gasteiger charge is -2.32. The highest BCUT2D eigenvalue weighted by atomic mass is 32.2. The fourth-order valence-electron chi connectivity index (χ4n) is 13.3. The topological polar surface area (TPSA) is 307 Å². The second-order valence-corrected chi connectivity index (χ2v) is 31.9. The number of sulfonamides is 2. The van der Waals surface area contributed by atoms with E-state index >= 15 is 0 Å². The average Bonchev–Trinajstić information content (AvgIpc) is 0.804. The molecule has 0 aromatic heterocycles. The molecule has 24 heteroatoms. The Morgan fingerprint density at radius 2 is 0.861 bits per heavy atom. The maximum absolute atomic E-state index is 13.1. The van der Waals surface area contributed by atoms with Crippen LogP contribution in [0.5, 0.6) is 34.5 Å².